The Kier molecular flexibility index (Phi) is 4.49. The third-order valence-electron chi connectivity index (χ3n) is 4.06. The zero-order valence-corrected chi connectivity index (χ0v) is 13.7. The van der Waals surface area contributed by atoms with Crippen LogP contribution in [0.3, 0.4) is 0 Å². The Balaban J connectivity index is 1.75. The van der Waals surface area contributed by atoms with Gasteiger partial charge in [-0.3, -0.25) is 5.32 Å². The maximum atomic E-state index is 12.6. The van der Waals surface area contributed by atoms with E-state index in [1.807, 2.05) is 31.2 Å². The molecule has 4 nitrogen and oxygen atoms in total. The third kappa shape index (κ3) is 3.38. The molecular formula is C16H16F3N3OS. The first kappa shape index (κ1) is 16.8. The molecule has 1 aliphatic heterocycles. The largest absolute Gasteiger partial charge is 0.427 e. The van der Waals surface area contributed by atoms with Crippen LogP contribution in [0.15, 0.2) is 30.5 Å². The van der Waals surface area contributed by atoms with Crippen LogP contribution in [0.4, 0.5) is 23.1 Å². The molecule has 1 atom stereocenters. The number of amides is 2. The van der Waals surface area contributed by atoms with Crippen LogP contribution in [0.2, 0.25) is 0 Å². The molecule has 1 aromatic heterocycles. The predicted octanol–water partition coefficient (Wildman–Crippen LogP) is 4.84. The summed E-state index contributed by atoms with van der Waals surface area (Å²) in [6.07, 6.45) is -2.01. The average molecular weight is 355 g/mol. The molecule has 128 valence electrons. The third-order valence-corrected chi connectivity index (χ3v) is 5.02. The summed E-state index contributed by atoms with van der Waals surface area (Å²) in [5, 5.41) is 2.45. The van der Waals surface area contributed by atoms with E-state index in [1.165, 1.54) is 0 Å². The molecule has 0 aliphatic carbocycles. The number of urea groups is 1. The van der Waals surface area contributed by atoms with Crippen LogP contribution in [-0.4, -0.2) is 22.5 Å². The van der Waals surface area contributed by atoms with Crippen LogP contribution in [0, 0.1) is 6.92 Å². The van der Waals surface area contributed by atoms with E-state index in [4.69, 9.17) is 0 Å². The van der Waals surface area contributed by atoms with Gasteiger partial charge in [-0.1, -0.05) is 35.6 Å². The van der Waals surface area contributed by atoms with Crippen LogP contribution >= 0.6 is 11.3 Å². The number of alkyl halides is 3. The molecular weight excluding hydrogens is 339 g/mol. The summed E-state index contributed by atoms with van der Waals surface area (Å²) in [7, 11) is 0. The van der Waals surface area contributed by atoms with Crippen molar-refractivity contribution in [3.63, 3.8) is 0 Å². The van der Waals surface area contributed by atoms with Gasteiger partial charge in [0.1, 0.15) is 4.88 Å². The van der Waals surface area contributed by atoms with Crippen LogP contribution in [0.1, 0.15) is 34.9 Å². The fourth-order valence-electron chi connectivity index (χ4n) is 2.92. The Morgan fingerprint density at radius 2 is 2.12 bits per heavy atom. The summed E-state index contributed by atoms with van der Waals surface area (Å²) in [5.74, 6) is 0. The van der Waals surface area contributed by atoms with Crippen LogP contribution in [0.25, 0.3) is 0 Å². The average Bonchev–Trinajstić information content (AvgIpc) is 3.16. The van der Waals surface area contributed by atoms with Gasteiger partial charge in [-0.25, -0.2) is 9.78 Å². The highest BCUT2D eigenvalue weighted by atomic mass is 32.1. The lowest BCUT2D eigenvalue weighted by molar-refractivity contribution is -0.134. The van der Waals surface area contributed by atoms with Crippen molar-refractivity contribution in [1.82, 2.24) is 9.88 Å². The number of benzene rings is 1. The van der Waals surface area contributed by atoms with Crippen LogP contribution < -0.4 is 5.32 Å². The van der Waals surface area contributed by atoms with Gasteiger partial charge in [0.15, 0.2) is 5.13 Å². The molecule has 1 aliphatic rings. The van der Waals surface area contributed by atoms with Gasteiger partial charge in [0.2, 0.25) is 0 Å². The lowest BCUT2D eigenvalue weighted by Gasteiger charge is -2.26. The van der Waals surface area contributed by atoms with E-state index in [2.05, 4.69) is 10.3 Å². The number of carbonyl (C=O) groups excluding carboxylic acids is 1. The van der Waals surface area contributed by atoms with Gasteiger partial charge in [0.25, 0.3) is 0 Å². The molecule has 0 spiro atoms. The van der Waals surface area contributed by atoms with Gasteiger partial charge in [0.05, 0.1) is 12.2 Å². The minimum absolute atomic E-state index is 0.0391. The monoisotopic (exact) mass is 355 g/mol. The number of hydrogen-bond donors (Lipinski definition) is 1. The summed E-state index contributed by atoms with van der Waals surface area (Å²) in [6, 6.07) is 7.35. The molecule has 0 saturated carbocycles. The second-order valence-corrected chi connectivity index (χ2v) is 6.70. The fourth-order valence-corrected chi connectivity index (χ4v) is 3.59. The molecule has 24 heavy (non-hydrogen) atoms. The van der Waals surface area contributed by atoms with Gasteiger partial charge in [-0.15, -0.1) is 0 Å². The highest BCUT2D eigenvalue weighted by Gasteiger charge is 2.34. The van der Waals surface area contributed by atoms with Crippen molar-refractivity contribution >= 4 is 22.5 Å². The van der Waals surface area contributed by atoms with Crippen LogP contribution in [0.5, 0.6) is 0 Å². The summed E-state index contributed by atoms with van der Waals surface area (Å²) in [6.45, 7) is 2.56. The molecule has 2 heterocycles. The number of likely N-dealkylation sites (tertiary alicyclic amines) is 1. The van der Waals surface area contributed by atoms with Crippen molar-refractivity contribution < 1.29 is 18.0 Å². The maximum absolute atomic E-state index is 12.6. The normalized spacial score (nSPS) is 18.0. The Bertz CT molecular complexity index is 744. The van der Waals surface area contributed by atoms with Gasteiger partial charge in [0, 0.05) is 6.54 Å². The predicted molar refractivity (Wildman–Crippen MR) is 86.0 cm³/mol. The molecule has 0 bridgehead atoms. The van der Waals surface area contributed by atoms with E-state index in [0.717, 1.165) is 30.2 Å². The molecule has 1 aromatic carbocycles. The molecule has 0 unspecified atom stereocenters. The van der Waals surface area contributed by atoms with Crippen molar-refractivity contribution in [2.24, 2.45) is 0 Å². The Labute approximate surface area is 141 Å². The number of halogens is 3. The van der Waals surface area contributed by atoms with E-state index in [1.54, 1.807) is 4.90 Å². The molecule has 3 rings (SSSR count). The number of nitrogens with one attached hydrogen (secondary N) is 1. The summed E-state index contributed by atoms with van der Waals surface area (Å²) < 4.78 is 37.8. The number of nitrogens with zero attached hydrogens (tertiary/aromatic N) is 2. The Morgan fingerprint density at radius 3 is 2.79 bits per heavy atom. The van der Waals surface area contributed by atoms with Gasteiger partial charge in [-0.05, 0) is 30.9 Å². The van der Waals surface area contributed by atoms with Crippen LogP contribution in [-0.2, 0) is 6.18 Å². The van der Waals surface area contributed by atoms with Gasteiger partial charge in [-0.2, -0.15) is 13.2 Å². The van der Waals surface area contributed by atoms with Crippen molar-refractivity contribution in [3.05, 3.63) is 46.5 Å². The first-order valence-electron chi connectivity index (χ1n) is 7.52. The van der Waals surface area contributed by atoms with Gasteiger partial charge < -0.3 is 4.90 Å². The van der Waals surface area contributed by atoms with E-state index in [9.17, 15) is 18.0 Å². The molecule has 0 radical (unpaired) electrons. The first-order valence-corrected chi connectivity index (χ1v) is 8.34. The zero-order chi connectivity index (χ0) is 17.3. The molecule has 2 amide bonds. The molecule has 1 fully saturated rings. The highest BCUT2D eigenvalue weighted by Crippen LogP contribution is 2.36. The second-order valence-electron chi connectivity index (χ2n) is 5.67. The topological polar surface area (TPSA) is 45.2 Å². The standard InChI is InChI=1S/C16H16F3N3OS/c1-10-5-2-3-6-11(10)12-7-4-8-22(12)15(23)21-14-20-9-13(24-14)16(17,18)19/h2-3,5-6,9,12H,4,7-8H2,1H3,(H,20,21,23)/t12-/m0/s1. The van der Waals surface area contributed by atoms with Crippen molar-refractivity contribution in [1.29, 1.82) is 0 Å². The molecule has 1 saturated heterocycles. The van der Waals surface area contributed by atoms with E-state index >= 15 is 0 Å². The number of rotatable bonds is 2. The highest BCUT2D eigenvalue weighted by molar-refractivity contribution is 7.15. The molecule has 2 aromatic rings. The lowest BCUT2D eigenvalue weighted by atomic mass is 9.99. The van der Waals surface area contributed by atoms with Crippen molar-refractivity contribution in [3.8, 4) is 0 Å². The van der Waals surface area contributed by atoms with E-state index in [0.29, 0.717) is 17.9 Å². The molecule has 8 heteroatoms. The fraction of sp³-hybridized carbons (Fsp3) is 0.375. The lowest BCUT2D eigenvalue weighted by Crippen LogP contribution is -2.34. The maximum Gasteiger partial charge on any atom is 0.427 e. The number of aromatic nitrogens is 1. The number of carbonyl (C=O) groups is 1. The Hall–Kier alpha value is -2.09. The SMILES string of the molecule is Cc1ccccc1[C@@H]1CCCN1C(=O)Nc1ncc(C(F)(F)F)s1. The smallest absolute Gasteiger partial charge is 0.317 e. The second kappa shape index (κ2) is 6.43. The molecule has 1 N–H and O–H groups in total. The number of hydrogen-bond acceptors (Lipinski definition) is 3. The van der Waals surface area contributed by atoms with Gasteiger partial charge >= 0.3 is 12.2 Å². The number of thiazole rings is 1. The number of anilines is 1. The zero-order valence-electron chi connectivity index (χ0n) is 12.9. The quantitative estimate of drug-likeness (QED) is 0.838. The van der Waals surface area contributed by atoms with E-state index < -0.39 is 17.1 Å². The first-order chi connectivity index (χ1) is 11.4. The van der Waals surface area contributed by atoms with Crippen molar-refractivity contribution in [2.45, 2.75) is 32.0 Å². The number of aryl methyl sites for hydroxylation is 1. The summed E-state index contributed by atoms with van der Waals surface area (Å²) >= 11 is 0.432. The Morgan fingerprint density at radius 1 is 1.38 bits per heavy atom. The van der Waals surface area contributed by atoms with E-state index in [-0.39, 0.29) is 11.2 Å². The summed E-state index contributed by atoms with van der Waals surface area (Å²) in [5.41, 5.74) is 2.16. The minimum Gasteiger partial charge on any atom is -0.317 e. The minimum atomic E-state index is -4.45. The summed E-state index contributed by atoms with van der Waals surface area (Å²) in [4.78, 5) is 17.0. The van der Waals surface area contributed by atoms with Crippen molar-refractivity contribution in [2.75, 3.05) is 11.9 Å².